The molecule has 0 spiro atoms. The lowest BCUT2D eigenvalue weighted by Crippen LogP contribution is -2.05. The van der Waals surface area contributed by atoms with Crippen LogP contribution < -0.4 is 9.47 Å². The van der Waals surface area contributed by atoms with Crippen molar-refractivity contribution in [1.82, 2.24) is 0 Å². The summed E-state index contributed by atoms with van der Waals surface area (Å²) in [4.78, 5) is 12.5. The summed E-state index contributed by atoms with van der Waals surface area (Å²) in [7, 11) is 3.27. The average molecular weight is 306 g/mol. The van der Waals surface area contributed by atoms with Gasteiger partial charge in [0.05, 0.1) is 14.2 Å². The minimum absolute atomic E-state index is 0.0567. The van der Waals surface area contributed by atoms with Crippen molar-refractivity contribution in [3.63, 3.8) is 0 Å². The predicted octanol–water partition coefficient (Wildman–Crippen LogP) is 4.28. The number of rotatable bonds is 5. The van der Waals surface area contributed by atoms with Gasteiger partial charge in [-0.25, -0.2) is 0 Å². The molecular formula is C20H18O3. The number of carbonyl (C=O) groups excluding carboxylic acids is 1. The number of carbonyl (C=O) groups is 1. The maximum Gasteiger partial charge on any atom is 0.167 e. The summed E-state index contributed by atoms with van der Waals surface area (Å²) in [6.45, 7) is 0. The normalized spacial score (nSPS) is 10.5. The van der Waals surface area contributed by atoms with Gasteiger partial charge < -0.3 is 9.47 Å². The molecule has 0 bridgehead atoms. The molecule has 0 saturated heterocycles. The van der Waals surface area contributed by atoms with Crippen molar-refractivity contribution < 1.29 is 14.3 Å². The third-order valence-corrected chi connectivity index (χ3v) is 3.90. The van der Waals surface area contributed by atoms with E-state index in [9.17, 15) is 4.79 Å². The number of fused-ring (bicyclic) bond motifs is 1. The molecule has 3 aromatic carbocycles. The van der Waals surface area contributed by atoms with Crippen LogP contribution >= 0.6 is 0 Å². The SMILES string of the molecule is COc1cc(CC(=O)c2ccccc2)c(OC)c2ccccc12. The van der Waals surface area contributed by atoms with Gasteiger partial charge >= 0.3 is 0 Å². The van der Waals surface area contributed by atoms with Gasteiger partial charge in [-0.05, 0) is 6.07 Å². The van der Waals surface area contributed by atoms with E-state index in [2.05, 4.69) is 0 Å². The Hall–Kier alpha value is -2.81. The number of hydrogen-bond acceptors (Lipinski definition) is 3. The molecule has 23 heavy (non-hydrogen) atoms. The Labute approximate surface area is 135 Å². The Morgan fingerprint density at radius 3 is 2.17 bits per heavy atom. The number of hydrogen-bond donors (Lipinski definition) is 0. The van der Waals surface area contributed by atoms with Gasteiger partial charge in [-0.3, -0.25) is 4.79 Å². The molecule has 3 nitrogen and oxygen atoms in total. The third kappa shape index (κ3) is 2.90. The van der Waals surface area contributed by atoms with Crippen molar-refractivity contribution >= 4 is 16.6 Å². The average Bonchev–Trinajstić information content (AvgIpc) is 2.61. The summed E-state index contributed by atoms with van der Waals surface area (Å²) >= 11 is 0. The fourth-order valence-corrected chi connectivity index (χ4v) is 2.81. The lowest BCUT2D eigenvalue weighted by Gasteiger charge is -2.14. The van der Waals surface area contributed by atoms with Gasteiger partial charge in [0.15, 0.2) is 5.78 Å². The molecule has 3 aromatic rings. The first-order chi connectivity index (χ1) is 11.2. The molecule has 0 heterocycles. The Bertz CT molecular complexity index is 838. The molecule has 0 aliphatic rings. The van der Waals surface area contributed by atoms with E-state index in [4.69, 9.17) is 9.47 Å². The van der Waals surface area contributed by atoms with Gasteiger partial charge in [0.25, 0.3) is 0 Å². The first-order valence-electron chi connectivity index (χ1n) is 7.45. The van der Waals surface area contributed by atoms with Crippen LogP contribution in [0, 0.1) is 0 Å². The minimum Gasteiger partial charge on any atom is -0.496 e. The van der Waals surface area contributed by atoms with Crippen molar-refractivity contribution in [2.45, 2.75) is 6.42 Å². The summed E-state index contributed by atoms with van der Waals surface area (Å²) in [5, 5.41) is 1.92. The van der Waals surface area contributed by atoms with E-state index >= 15 is 0 Å². The molecule has 0 saturated carbocycles. The van der Waals surface area contributed by atoms with Gasteiger partial charge in [0.2, 0.25) is 0 Å². The van der Waals surface area contributed by atoms with Crippen LogP contribution in [0.25, 0.3) is 10.8 Å². The zero-order valence-corrected chi connectivity index (χ0v) is 13.2. The summed E-state index contributed by atoms with van der Waals surface area (Å²) in [6, 6.07) is 19.0. The Kier molecular flexibility index (Phi) is 4.29. The fraction of sp³-hybridized carbons (Fsp3) is 0.150. The first kappa shape index (κ1) is 15.1. The quantitative estimate of drug-likeness (QED) is 0.660. The van der Waals surface area contributed by atoms with E-state index in [-0.39, 0.29) is 12.2 Å². The van der Waals surface area contributed by atoms with Gasteiger partial charge in [0.1, 0.15) is 11.5 Å². The van der Waals surface area contributed by atoms with E-state index < -0.39 is 0 Å². The van der Waals surface area contributed by atoms with Crippen LogP contribution in [0.3, 0.4) is 0 Å². The molecule has 3 rings (SSSR count). The highest BCUT2D eigenvalue weighted by Crippen LogP contribution is 2.37. The van der Waals surface area contributed by atoms with Crippen LogP contribution in [-0.2, 0) is 6.42 Å². The van der Waals surface area contributed by atoms with Crippen LogP contribution in [0.4, 0.5) is 0 Å². The molecule has 0 N–H and O–H groups in total. The Morgan fingerprint density at radius 2 is 1.52 bits per heavy atom. The second-order valence-corrected chi connectivity index (χ2v) is 5.28. The fourth-order valence-electron chi connectivity index (χ4n) is 2.81. The van der Waals surface area contributed by atoms with E-state index in [1.54, 1.807) is 14.2 Å². The number of ether oxygens (including phenoxy) is 2. The van der Waals surface area contributed by atoms with Gasteiger partial charge in [-0.1, -0.05) is 54.6 Å². The topological polar surface area (TPSA) is 35.5 Å². The molecule has 0 aliphatic carbocycles. The largest absolute Gasteiger partial charge is 0.496 e. The summed E-state index contributed by atoms with van der Waals surface area (Å²) < 4.78 is 11.1. The van der Waals surface area contributed by atoms with Gasteiger partial charge in [-0.2, -0.15) is 0 Å². The number of ketones is 1. The predicted molar refractivity (Wildman–Crippen MR) is 91.5 cm³/mol. The number of benzene rings is 3. The van der Waals surface area contributed by atoms with Crippen LogP contribution in [-0.4, -0.2) is 20.0 Å². The molecular weight excluding hydrogens is 288 g/mol. The Morgan fingerprint density at radius 1 is 0.870 bits per heavy atom. The van der Waals surface area contributed by atoms with Gasteiger partial charge in [0, 0.05) is 28.3 Å². The van der Waals surface area contributed by atoms with Crippen molar-refractivity contribution in [2.24, 2.45) is 0 Å². The molecule has 0 aliphatic heterocycles. The zero-order valence-electron chi connectivity index (χ0n) is 13.2. The van der Waals surface area contributed by atoms with E-state index in [0.29, 0.717) is 5.56 Å². The molecule has 0 unspecified atom stereocenters. The second-order valence-electron chi connectivity index (χ2n) is 5.28. The summed E-state index contributed by atoms with van der Waals surface area (Å²) in [5.41, 5.74) is 1.53. The van der Waals surface area contributed by atoms with E-state index in [0.717, 1.165) is 27.8 Å². The Balaban J connectivity index is 2.08. The molecule has 116 valence electrons. The summed E-state index contributed by atoms with van der Waals surface area (Å²) in [6.07, 6.45) is 0.272. The monoisotopic (exact) mass is 306 g/mol. The molecule has 0 radical (unpaired) electrons. The lowest BCUT2D eigenvalue weighted by atomic mass is 9.98. The molecule has 0 atom stereocenters. The highest BCUT2D eigenvalue weighted by molar-refractivity contribution is 6.00. The lowest BCUT2D eigenvalue weighted by molar-refractivity contribution is 0.0992. The number of Topliss-reactive ketones (excluding diaryl/α,β-unsaturated/α-hetero) is 1. The van der Waals surface area contributed by atoms with Crippen LogP contribution in [0.1, 0.15) is 15.9 Å². The number of methoxy groups -OCH3 is 2. The van der Waals surface area contributed by atoms with E-state index in [1.165, 1.54) is 0 Å². The molecule has 3 heteroatoms. The third-order valence-electron chi connectivity index (χ3n) is 3.90. The highest BCUT2D eigenvalue weighted by Gasteiger charge is 2.16. The first-order valence-corrected chi connectivity index (χ1v) is 7.45. The smallest absolute Gasteiger partial charge is 0.167 e. The van der Waals surface area contributed by atoms with Gasteiger partial charge in [-0.15, -0.1) is 0 Å². The summed E-state index contributed by atoms with van der Waals surface area (Å²) in [5.74, 6) is 1.53. The van der Waals surface area contributed by atoms with Crippen molar-refractivity contribution in [1.29, 1.82) is 0 Å². The minimum atomic E-state index is 0.0567. The standard InChI is InChI=1S/C20H18O3/c1-22-19-13-15(12-18(21)14-8-4-3-5-9-14)20(23-2)17-11-7-6-10-16(17)19/h3-11,13H,12H2,1-2H3. The van der Waals surface area contributed by atoms with Crippen molar-refractivity contribution in [2.75, 3.05) is 14.2 Å². The molecule has 0 fully saturated rings. The molecule has 0 amide bonds. The van der Waals surface area contributed by atoms with Crippen molar-refractivity contribution in [3.05, 3.63) is 71.8 Å². The molecule has 0 aromatic heterocycles. The maximum absolute atomic E-state index is 12.5. The van der Waals surface area contributed by atoms with Crippen LogP contribution in [0.2, 0.25) is 0 Å². The van der Waals surface area contributed by atoms with E-state index in [1.807, 2.05) is 60.7 Å². The highest BCUT2D eigenvalue weighted by atomic mass is 16.5. The van der Waals surface area contributed by atoms with Crippen LogP contribution in [0.5, 0.6) is 11.5 Å². The maximum atomic E-state index is 12.5. The van der Waals surface area contributed by atoms with Crippen LogP contribution in [0.15, 0.2) is 60.7 Å². The van der Waals surface area contributed by atoms with Crippen molar-refractivity contribution in [3.8, 4) is 11.5 Å². The zero-order chi connectivity index (χ0) is 16.2. The second kappa shape index (κ2) is 6.53.